The minimum absolute atomic E-state index is 0.372. The highest BCUT2D eigenvalue weighted by atomic mass is 32.2. The van der Waals surface area contributed by atoms with Crippen LogP contribution >= 0.6 is 0 Å². The third kappa shape index (κ3) is 3.42. The third-order valence-corrected chi connectivity index (χ3v) is 7.04. The molecule has 0 amide bonds. The molecule has 140 valence electrons. The fourth-order valence-electron chi connectivity index (χ4n) is 3.64. The molecule has 2 heterocycles. The zero-order chi connectivity index (χ0) is 19.0. The van der Waals surface area contributed by atoms with Crippen molar-refractivity contribution in [2.75, 3.05) is 31.1 Å². The molecule has 1 aliphatic rings. The predicted octanol–water partition coefficient (Wildman–Crippen LogP) is 2.78. The van der Waals surface area contributed by atoms with Gasteiger partial charge in [-0.05, 0) is 25.1 Å². The van der Waals surface area contributed by atoms with Crippen LogP contribution in [-0.4, -0.2) is 38.9 Å². The zero-order valence-corrected chi connectivity index (χ0v) is 16.5. The molecule has 5 nitrogen and oxygen atoms in total. The summed E-state index contributed by atoms with van der Waals surface area (Å²) < 4.78 is 27.4. The Kier molecular flexibility index (Phi) is 4.61. The Bertz CT molecular complexity index is 1070. The van der Waals surface area contributed by atoms with Crippen molar-refractivity contribution in [3.63, 3.8) is 0 Å². The van der Waals surface area contributed by atoms with Crippen LogP contribution in [0.1, 0.15) is 11.3 Å². The highest BCUT2D eigenvalue weighted by Crippen LogP contribution is 2.27. The number of hydrogen-bond donors (Lipinski definition) is 0. The molecule has 0 saturated carbocycles. The van der Waals surface area contributed by atoms with Gasteiger partial charge in [0.05, 0.1) is 16.0 Å². The molecule has 1 N–H and O–H groups in total. The molecule has 0 radical (unpaired) electrons. The molecule has 2 aromatic carbocycles. The summed E-state index contributed by atoms with van der Waals surface area (Å²) in [6.45, 7) is 6.34. The van der Waals surface area contributed by atoms with E-state index in [4.69, 9.17) is 0 Å². The van der Waals surface area contributed by atoms with E-state index in [1.807, 2.05) is 38.1 Å². The number of anilines is 1. The van der Waals surface area contributed by atoms with Crippen LogP contribution in [0.25, 0.3) is 10.9 Å². The van der Waals surface area contributed by atoms with Crippen molar-refractivity contribution >= 4 is 26.6 Å². The summed E-state index contributed by atoms with van der Waals surface area (Å²) in [5.74, 6) is 0. The minimum Gasteiger partial charge on any atom is -0.368 e. The van der Waals surface area contributed by atoms with Gasteiger partial charge in [-0.15, -0.1) is 0 Å². The van der Waals surface area contributed by atoms with Crippen LogP contribution in [0.3, 0.4) is 0 Å². The van der Waals surface area contributed by atoms with Gasteiger partial charge in [0.2, 0.25) is 15.5 Å². The van der Waals surface area contributed by atoms with Crippen LogP contribution in [0.2, 0.25) is 0 Å². The van der Waals surface area contributed by atoms with Crippen LogP contribution < -0.4 is 9.88 Å². The molecule has 6 heteroatoms. The molecule has 0 atom stereocenters. The Morgan fingerprint density at radius 1 is 0.889 bits per heavy atom. The van der Waals surface area contributed by atoms with Crippen LogP contribution in [0, 0.1) is 13.8 Å². The van der Waals surface area contributed by atoms with E-state index in [1.165, 1.54) is 0 Å². The van der Waals surface area contributed by atoms with E-state index in [2.05, 4.69) is 28.1 Å². The first-order valence-corrected chi connectivity index (χ1v) is 10.6. The van der Waals surface area contributed by atoms with E-state index in [9.17, 15) is 8.42 Å². The van der Waals surface area contributed by atoms with Crippen molar-refractivity contribution < 1.29 is 13.4 Å². The second-order valence-corrected chi connectivity index (χ2v) is 9.03. The number of aromatic amines is 1. The summed E-state index contributed by atoms with van der Waals surface area (Å²) in [6, 6.07) is 17.5. The molecule has 4 rings (SSSR count). The third-order valence-electron chi connectivity index (χ3n) is 5.13. The van der Waals surface area contributed by atoms with Gasteiger partial charge in [0, 0.05) is 45.2 Å². The van der Waals surface area contributed by atoms with E-state index in [0.29, 0.717) is 31.1 Å². The van der Waals surface area contributed by atoms with Gasteiger partial charge >= 0.3 is 0 Å². The van der Waals surface area contributed by atoms with Gasteiger partial charge < -0.3 is 4.90 Å². The van der Waals surface area contributed by atoms with Crippen molar-refractivity contribution in [1.82, 2.24) is 4.31 Å². The lowest BCUT2D eigenvalue weighted by molar-refractivity contribution is -0.354. The number of rotatable bonds is 3. The maximum Gasteiger partial charge on any atom is 0.243 e. The quantitative estimate of drug-likeness (QED) is 0.700. The number of nitrogens with one attached hydrogen (secondary N) is 1. The van der Waals surface area contributed by atoms with E-state index >= 15 is 0 Å². The van der Waals surface area contributed by atoms with Gasteiger partial charge in [-0.2, -0.15) is 4.31 Å². The van der Waals surface area contributed by atoms with Gasteiger partial charge in [-0.3, -0.25) is 0 Å². The number of aromatic nitrogens is 1. The maximum absolute atomic E-state index is 12.9. The van der Waals surface area contributed by atoms with Crippen LogP contribution in [-0.2, 0) is 10.0 Å². The molecular formula is C21H24N3O2S+. The highest BCUT2D eigenvalue weighted by molar-refractivity contribution is 7.89. The molecule has 27 heavy (non-hydrogen) atoms. The highest BCUT2D eigenvalue weighted by Gasteiger charge is 2.29. The Morgan fingerprint density at radius 2 is 1.56 bits per heavy atom. The van der Waals surface area contributed by atoms with Gasteiger partial charge in [-0.1, -0.05) is 29.8 Å². The van der Waals surface area contributed by atoms with Gasteiger partial charge in [0.15, 0.2) is 5.69 Å². The van der Waals surface area contributed by atoms with E-state index in [-0.39, 0.29) is 0 Å². The monoisotopic (exact) mass is 382 g/mol. The van der Waals surface area contributed by atoms with Crippen molar-refractivity contribution in [3.05, 3.63) is 65.9 Å². The fraction of sp³-hybridized carbons (Fsp3) is 0.286. The molecule has 1 saturated heterocycles. The average Bonchev–Trinajstić information content (AvgIpc) is 2.68. The zero-order valence-electron chi connectivity index (χ0n) is 15.6. The number of nitrogens with zero attached hydrogens (tertiary/aromatic N) is 2. The minimum atomic E-state index is -3.43. The first kappa shape index (κ1) is 17.9. The Labute approximate surface area is 160 Å². The molecule has 1 fully saturated rings. The van der Waals surface area contributed by atoms with Crippen LogP contribution in [0.4, 0.5) is 5.69 Å². The van der Waals surface area contributed by atoms with Crippen LogP contribution in [0.15, 0.2) is 59.5 Å². The second-order valence-electron chi connectivity index (χ2n) is 7.09. The number of hydrogen-bond acceptors (Lipinski definition) is 3. The lowest BCUT2D eigenvalue weighted by Crippen LogP contribution is -2.48. The molecule has 1 aliphatic heterocycles. The van der Waals surface area contributed by atoms with E-state index in [1.54, 1.807) is 16.4 Å². The number of para-hydroxylation sites is 1. The molecule has 3 aromatic rings. The number of sulfonamides is 1. The largest absolute Gasteiger partial charge is 0.368 e. The van der Waals surface area contributed by atoms with Crippen molar-refractivity contribution in [2.24, 2.45) is 0 Å². The number of fused-ring (bicyclic) bond motifs is 1. The second kappa shape index (κ2) is 6.94. The van der Waals surface area contributed by atoms with Crippen molar-refractivity contribution in [2.45, 2.75) is 18.7 Å². The van der Waals surface area contributed by atoms with Gasteiger partial charge in [0.25, 0.3) is 0 Å². The Hall–Kier alpha value is -2.44. The fourth-order valence-corrected chi connectivity index (χ4v) is 5.06. The Morgan fingerprint density at radius 3 is 2.26 bits per heavy atom. The first-order valence-electron chi connectivity index (χ1n) is 9.18. The SMILES string of the molecule is Cc1ccc(S(=O)(=O)N2CCN(c3cc(C)[nH+]c4ccccc34)CC2)cc1. The summed E-state index contributed by atoms with van der Waals surface area (Å²) in [6.07, 6.45) is 0. The average molecular weight is 383 g/mol. The van der Waals surface area contributed by atoms with E-state index < -0.39 is 10.0 Å². The number of piperazine rings is 1. The number of aryl methyl sites for hydroxylation is 2. The topological polar surface area (TPSA) is 54.8 Å². The number of H-pyrrole nitrogens is 1. The lowest BCUT2D eigenvalue weighted by Gasteiger charge is -2.35. The number of benzene rings is 2. The summed E-state index contributed by atoms with van der Waals surface area (Å²) >= 11 is 0. The van der Waals surface area contributed by atoms with Gasteiger partial charge in [-0.25, -0.2) is 13.4 Å². The van der Waals surface area contributed by atoms with Crippen LogP contribution in [0.5, 0.6) is 0 Å². The molecule has 0 bridgehead atoms. The smallest absolute Gasteiger partial charge is 0.243 e. The summed E-state index contributed by atoms with van der Waals surface area (Å²) in [4.78, 5) is 6.05. The molecule has 0 aliphatic carbocycles. The lowest BCUT2D eigenvalue weighted by atomic mass is 10.1. The summed E-state index contributed by atoms with van der Waals surface area (Å²) in [5, 5.41) is 1.16. The first-order chi connectivity index (χ1) is 12.9. The summed E-state index contributed by atoms with van der Waals surface area (Å²) in [5.41, 5.74) is 4.41. The molecule has 0 spiro atoms. The Balaban J connectivity index is 1.57. The predicted molar refractivity (Wildman–Crippen MR) is 107 cm³/mol. The normalized spacial score (nSPS) is 16.0. The van der Waals surface area contributed by atoms with Crippen molar-refractivity contribution in [3.8, 4) is 0 Å². The standard InChI is InChI=1S/C21H23N3O2S/c1-16-7-9-18(10-8-16)27(25,26)24-13-11-23(12-14-24)21-15-17(2)22-20-6-4-3-5-19(20)21/h3-10,15H,11-14H2,1-2H3/p+1. The van der Waals surface area contributed by atoms with Gasteiger partial charge in [0.1, 0.15) is 0 Å². The summed E-state index contributed by atoms with van der Waals surface area (Å²) in [7, 11) is -3.43. The molecule has 1 aromatic heterocycles. The van der Waals surface area contributed by atoms with Crippen molar-refractivity contribution in [1.29, 1.82) is 0 Å². The number of pyridine rings is 1. The molecular weight excluding hydrogens is 358 g/mol. The maximum atomic E-state index is 12.9. The molecule has 0 unspecified atom stereocenters. The van der Waals surface area contributed by atoms with E-state index in [0.717, 1.165) is 27.8 Å².